The van der Waals surface area contributed by atoms with Crippen LogP contribution in [0.2, 0.25) is 0 Å². The Morgan fingerprint density at radius 2 is 1.93 bits per heavy atom. The minimum absolute atomic E-state index is 0.0365. The number of benzene rings is 2. The molecule has 3 aromatic rings. The van der Waals surface area contributed by atoms with Crippen LogP contribution in [0.15, 0.2) is 54.6 Å². The van der Waals surface area contributed by atoms with Crippen molar-refractivity contribution < 1.29 is 14.7 Å². The number of aromatic hydroxyl groups is 1. The third-order valence-corrected chi connectivity index (χ3v) is 5.88. The molecule has 5 rings (SSSR count). The molecule has 1 fully saturated rings. The number of likely N-dealkylation sites (tertiary alicyclic amines) is 1. The lowest BCUT2D eigenvalue weighted by molar-refractivity contribution is -0.122. The average Bonchev–Trinajstić information content (AvgIpc) is 3.33. The summed E-state index contributed by atoms with van der Waals surface area (Å²) in [6, 6.07) is 16.1. The standard InChI is InChI=1S/C22H20N4O3/c27-15-8-6-14(7-9-15)18-12-19(25-24-18)20(28)26-11-3-10-22(13-26)16-4-1-2-5-17(16)23-21(22)29/h1-2,4-9,12,27H,3,10-11,13H2,(H,23,29)(H,24,25). The lowest BCUT2D eigenvalue weighted by Crippen LogP contribution is -2.51. The summed E-state index contributed by atoms with van der Waals surface area (Å²) in [6.45, 7) is 0.950. The van der Waals surface area contributed by atoms with E-state index in [1.54, 1.807) is 35.2 Å². The maximum atomic E-state index is 13.1. The molecule has 0 saturated carbocycles. The van der Waals surface area contributed by atoms with Gasteiger partial charge in [-0.2, -0.15) is 5.10 Å². The number of para-hydroxylation sites is 1. The molecule has 2 aliphatic heterocycles. The molecule has 1 unspecified atom stereocenters. The summed E-state index contributed by atoms with van der Waals surface area (Å²) >= 11 is 0. The van der Waals surface area contributed by atoms with E-state index in [9.17, 15) is 14.7 Å². The maximum absolute atomic E-state index is 13.1. The normalized spacial score (nSPS) is 20.6. The number of rotatable bonds is 2. The predicted octanol–water partition coefficient (Wildman–Crippen LogP) is 2.91. The van der Waals surface area contributed by atoms with Gasteiger partial charge in [0.2, 0.25) is 5.91 Å². The largest absolute Gasteiger partial charge is 0.508 e. The molecule has 7 heteroatoms. The van der Waals surface area contributed by atoms with Crippen LogP contribution in [0.3, 0.4) is 0 Å². The summed E-state index contributed by atoms with van der Waals surface area (Å²) in [7, 11) is 0. The van der Waals surface area contributed by atoms with E-state index in [0.29, 0.717) is 24.5 Å². The molecule has 2 aromatic carbocycles. The van der Waals surface area contributed by atoms with Crippen LogP contribution in [0, 0.1) is 0 Å². The Morgan fingerprint density at radius 1 is 1.14 bits per heavy atom. The summed E-state index contributed by atoms with van der Waals surface area (Å²) in [5.74, 6) is -0.0290. The maximum Gasteiger partial charge on any atom is 0.271 e. The van der Waals surface area contributed by atoms with Crippen LogP contribution in [0.25, 0.3) is 11.3 Å². The third-order valence-electron chi connectivity index (χ3n) is 5.88. The molecule has 0 bridgehead atoms. The van der Waals surface area contributed by atoms with Crippen LogP contribution >= 0.6 is 0 Å². The fraction of sp³-hybridized carbons (Fsp3) is 0.227. The Balaban J connectivity index is 1.41. The summed E-state index contributed by atoms with van der Waals surface area (Å²) in [5, 5.41) is 19.5. The highest BCUT2D eigenvalue weighted by molar-refractivity contribution is 6.07. The summed E-state index contributed by atoms with van der Waals surface area (Å²) in [4.78, 5) is 27.7. The van der Waals surface area contributed by atoms with Gasteiger partial charge in [0.05, 0.1) is 11.1 Å². The molecule has 0 radical (unpaired) electrons. The molecule has 1 atom stereocenters. The lowest BCUT2D eigenvalue weighted by atomic mass is 9.75. The van der Waals surface area contributed by atoms with E-state index < -0.39 is 5.41 Å². The van der Waals surface area contributed by atoms with Gasteiger partial charge in [0.1, 0.15) is 11.4 Å². The molecule has 3 heterocycles. The highest BCUT2D eigenvalue weighted by Crippen LogP contribution is 2.43. The highest BCUT2D eigenvalue weighted by Gasteiger charge is 2.50. The number of aromatic amines is 1. The number of nitrogens with zero attached hydrogens (tertiary/aromatic N) is 2. The zero-order valence-corrected chi connectivity index (χ0v) is 15.7. The number of H-pyrrole nitrogens is 1. The number of hydrogen-bond donors (Lipinski definition) is 3. The first-order valence-electron chi connectivity index (χ1n) is 9.62. The summed E-state index contributed by atoms with van der Waals surface area (Å²) in [5.41, 5.74) is 2.93. The molecule has 2 amide bonds. The Kier molecular flexibility index (Phi) is 3.91. The Hall–Kier alpha value is -3.61. The number of fused-ring (bicyclic) bond motifs is 2. The smallest absolute Gasteiger partial charge is 0.271 e. The molecule has 1 spiro atoms. The number of nitrogens with one attached hydrogen (secondary N) is 2. The number of piperidine rings is 1. The van der Waals surface area contributed by atoms with Crippen LogP contribution in [-0.2, 0) is 10.2 Å². The molecule has 146 valence electrons. The van der Waals surface area contributed by atoms with Crippen molar-refractivity contribution >= 4 is 17.5 Å². The van der Waals surface area contributed by atoms with Crippen molar-refractivity contribution in [2.24, 2.45) is 0 Å². The van der Waals surface area contributed by atoms with Gasteiger partial charge in [0.25, 0.3) is 5.91 Å². The van der Waals surface area contributed by atoms with Crippen molar-refractivity contribution in [3.8, 4) is 17.0 Å². The molecule has 1 saturated heterocycles. The van der Waals surface area contributed by atoms with Gasteiger partial charge in [-0.3, -0.25) is 14.7 Å². The van der Waals surface area contributed by atoms with Gasteiger partial charge in [0, 0.05) is 24.3 Å². The van der Waals surface area contributed by atoms with E-state index in [-0.39, 0.29) is 17.6 Å². The molecule has 3 N–H and O–H groups in total. The van der Waals surface area contributed by atoms with Crippen LogP contribution in [0.5, 0.6) is 5.75 Å². The minimum Gasteiger partial charge on any atom is -0.508 e. The molecule has 2 aliphatic rings. The number of phenols is 1. The SMILES string of the molecule is O=C(c1cc(-c2ccc(O)cc2)n[nH]1)N1CCCC2(C1)C(=O)Nc1ccccc12. The van der Waals surface area contributed by atoms with E-state index in [0.717, 1.165) is 29.7 Å². The number of aromatic nitrogens is 2. The Bertz CT molecular complexity index is 1110. The number of carbonyl (C=O) groups excluding carboxylic acids is 2. The first kappa shape index (κ1) is 17.5. The van der Waals surface area contributed by atoms with Crippen LogP contribution in [0.1, 0.15) is 28.9 Å². The van der Waals surface area contributed by atoms with Crippen molar-refractivity contribution in [3.05, 3.63) is 65.9 Å². The van der Waals surface area contributed by atoms with Crippen LogP contribution in [-0.4, -0.2) is 45.1 Å². The first-order chi connectivity index (χ1) is 14.1. The van der Waals surface area contributed by atoms with Crippen molar-refractivity contribution in [1.29, 1.82) is 0 Å². The van der Waals surface area contributed by atoms with Gasteiger partial charge >= 0.3 is 0 Å². The van der Waals surface area contributed by atoms with Gasteiger partial charge in [-0.25, -0.2) is 0 Å². The second-order valence-electron chi connectivity index (χ2n) is 7.63. The topological polar surface area (TPSA) is 98.3 Å². The lowest BCUT2D eigenvalue weighted by Gasteiger charge is -2.38. The number of phenolic OH excluding ortho intramolecular Hbond substituents is 1. The van der Waals surface area contributed by atoms with E-state index >= 15 is 0 Å². The molecule has 1 aromatic heterocycles. The summed E-state index contributed by atoms with van der Waals surface area (Å²) in [6.07, 6.45) is 1.48. The molecular weight excluding hydrogens is 368 g/mol. The molecule has 7 nitrogen and oxygen atoms in total. The zero-order valence-electron chi connectivity index (χ0n) is 15.7. The Labute approximate surface area is 167 Å². The van der Waals surface area contributed by atoms with Gasteiger partial charge in [-0.1, -0.05) is 18.2 Å². The molecular formula is C22H20N4O3. The summed E-state index contributed by atoms with van der Waals surface area (Å²) < 4.78 is 0. The van der Waals surface area contributed by atoms with E-state index in [2.05, 4.69) is 15.5 Å². The van der Waals surface area contributed by atoms with Crippen LogP contribution < -0.4 is 5.32 Å². The average molecular weight is 388 g/mol. The Morgan fingerprint density at radius 3 is 2.76 bits per heavy atom. The van der Waals surface area contributed by atoms with E-state index in [1.165, 1.54) is 0 Å². The highest BCUT2D eigenvalue weighted by atomic mass is 16.3. The second kappa shape index (κ2) is 6.48. The quantitative estimate of drug-likeness (QED) is 0.629. The third kappa shape index (κ3) is 2.77. The van der Waals surface area contributed by atoms with E-state index in [1.807, 2.05) is 24.3 Å². The predicted molar refractivity (Wildman–Crippen MR) is 108 cm³/mol. The fourth-order valence-corrected chi connectivity index (χ4v) is 4.39. The van der Waals surface area contributed by atoms with Crippen molar-refractivity contribution in [1.82, 2.24) is 15.1 Å². The van der Waals surface area contributed by atoms with Crippen molar-refractivity contribution in [2.45, 2.75) is 18.3 Å². The zero-order chi connectivity index (χ0) is 20.0. The monoisotopic (exact) mass is 388 g/mol. The van der Waals surface area contributed by atoms with Crippen molar-refractivity contribution in [2.75, 3.05) is 18.4 Å². The number of hydrogen-bond acceptors (Lipinski definition) is 4. The van der Waals surface area contributed by atoms with Gasteiger partial charge in [-0.15, -0.1) is 0 Å². The number of amides is 2. The number of anilines is 1. The van der Waals surface area contributed by atoms with Gasteiger partial charge in [-0.05, 0) is 54.8 Å². The van der Waals surface area contributed by atoms with E-state index in [4.69, 9.17) is 0 Å². The van der Waals surface area contributed by atoms with Crippen LogP contribution in [0.4, 0.5) is 5.69 Å². The molecule has 0 aliphatic carbocycles. The van der Waals surface area contributed by atoms with Gasteiger partial charge in [0.15, 0.2) is 0 Å². The van der Waals surface area contributed by atoms with Gasteiger partial charge < -0.3 is 15.3 Å². The molecule has 29 heavy (non-hydrogen) atoms. The first-order valence-corrected chi connectivity index (χ1v) is 9.62. The fourth-order valence-electron chi connectivity index (χ4n) is 4.39. The van der Waals surface area contributed by atoms with Crippen molar-refractivity contribution in [3.63, 3.8) is 0 Å². The number of carbonyl (C=O) groups is 2. The minimum atomic E-state index is -0.690. The second-order valence-corrected chi connectivity index (χ2v) is 7.63.